The summed E-state index contributed by atoms with van der Waals surface area (Å²) in [6.45, 7) is 0. The number of carbonyl (C=O) groups excluding carboxylic acids is 1. The van der Waals surface area contributed by atoms with Crippen LogP contribution in [0.5, 0.6) is 5.75 Å². The molecule has 1 saturated carbocycles. The van der Waals surface area contributed by atoms with Crippen molar-refractivity contribution in [1.29, 1.82) is 0 Å². The maximum atomic E-state index is 13.1. The predicted molar refractivity (Wildman–Crippen MR) is 60.1 cm³/mol. The number of benzene rings is 1. The number of nitrogens with one attached hydrogen (secondary N) is 1. The molecule has 5 heteroatoms. The first kappa shape index (κ1) is 10.5. The van der Waals surface area contributed by atoms with Gasteiger partial charge in [0.2, 0.25) is 5.91 Å². The Hall–Kier alpha value is -1.62. The van der Waals surface area contributed by atoms with Crippen LogP contribution < -0.4 is 15.8 Å². The molecule has 0 unspecified atom stereocenters. The van der Waals surface area contributed by atoms with Crippen molar-refractivity contribution in [2.75, 3.05) is 5.32 Å². The fourth-order valence-electron chi connectivity index (χ4n) is 2.10. The monoisotopic (exact) mass is 236 g/mol. The third-order valence-corrected chi connectivity index (χ3v) is 3.21. The highest BCUT2D eigenvalue weighted by Crippen LogP contribution is 2.39. The lowest BCUT2D eigenvalue weighted by Crippen LogP contribution is -2.47. The molecule has 3 rings (SSSR count). The summed E-state index contributed by atoms with van der Waals surface area (Å²) in [7, 11) is 0. The minimum atomic E-state index is -0.696. The highest BCUT2D eigenvalue weighted by atomic mass is 19.1. The van der Waals surface area contributed by atoms with E-state index in [4.69, 9.17) is 10.5 Å². The van der Waals surface area contributed by atoms with Crippen molar-refractivity contribution in [2.45, 2.75) is 25.0 Å². The lowest BCUT2D eigenvalue weighted by molar-refractivity contribution is -0.119. The van der Waals surface area contributed by atoms with Gasteiger partial charge in [-0.05, 0) is 30.9 Å². The molecule has 2 atom stereocenters. The fraction of sp³-hybridized carbons (Fsp3) is 0.417. The molecule has 0 saturated heterocycles. The zero-order valence-corrected chi connectivity index (χ0v) is 9.15. The summed E-state index contributed by atoms with van der Waals surface area (Å²) in [5.74, 6) is 0.105. The fourth-order valence-corrected chi connectivity index (χ4v) is 2.10. The number of hydrogen-bond acceptors (Lipinski definition) is 3. The van der Waals surface area contributed by atoms with Crippen LogP contribution in [-0.4, -0.2) is 18.1 Å². The summed E-state index contributed by atoms with van der Waals surface area (Å²) in [5, 5.41) is 2.60. The van der Waals surface area contributed by atoms with Gasteiger partial charge in [0.25, 0.3) is 0 Å². The van der Waals surface area contributed by atoms with Crippen LogP contribution >= 0.6 is 0 Å². The van der Waals surface area contributed by atoms with E-state index in [1.807, 2.05) is 0 Å². The average Bonchev–Trinajstić information content (AvgIpc) is 3.10. The van der Waals surface area contributed by atoms with E-state index in [1.54, 1.807) is 0 Å². The van der Waals surface area contributed by atoms with Crippen molar-refractivity contribution >= 4 is 11.6 Å². The summed E-state index contributed by atoms with van der Waals surface area (Å²) in [5.41, 5.74) is 6.21. The minimum absolute atomic E-state index is 0.304. The van der Waals surface area contributed by atoms with E-state index >= 15 is 0 Å². The number of anilines is 1. The smallest absolute Gasteiger partial charge is 0.245 e. The van der Waals surface area contributed by atoms with Crippen LogP contribution in [0.3, 0.4) is 0 Å². The topological polar surface area (TPSA) is 64.4 Å². The third-order valence-electron chi connectivity index (χ3n) is 3.21. The van der Waals surface area contributed by atoms with Gasteiger partial charge >= 0.3 is 0 Å². The third kappa shape index (κ3) is 1.86. The summed E-state index contributed by atoms with van der Waals surface area (Å²) in [6, 6.07) is 3.39. The number of fused-ring (bicyclic) bond motifs is 1. The maximum absolute atomic E-state index is 13.1. The zero-order valence-electron chi connectivity index (χ0n) is 9.15. The van der Waals surface area contributed by atoms with Crippen LogP contribution in [0, 0.1) is 11.7 Å². The van der Waals surface area contributed by atoms with Crippen LogP contribution in [0.15, 0.2) is 18.2 Å². The molecule has 0 spiro atoms. The Labute approximate surface area is 97.9 Å². The van der Waals surface area contributed by atoms with Gasteiger partial charge in [-0.15, -0.1) is 0 Å². The summed E-state index contributed by atoms with van der Waals surface area (Å²) in [4.78, 5) is 11.8. The molecule has 0 radical (unpaired) electrons. The van der Waals surface area contributed by atoms with E-state index in [0.29, 0.717) is 17.4 Å². The Morgan fingerprint density at radius 3 is 2.88 bits per heavy atom. The minimum Gasteiger partial charge on any atom is -0.486 e. The zero-order chi connectivity index (χ0) is 12.0. The van der Waals surface area contributed by atoms with Crippen LogP contribution in [0.25, 0.3) is 0 Å². The Kier molecular flexibility index (Phi) is 2.29. The first-order valence-corrected chi connectivity index (χ1v) is 5.68. The lowest BCUT2D eigenvalue weighted by Gasteiger charge is -2.20. The van der Waals surface area contributed by atoms with Crippen LogP contribution in [-0.2, 0) is 4.79 Å². The number of halogens is 1. The largest absolute Gasteiger partial charge is 0.486 e. The molecule has 90 valence electrons. The molecule has 1 fully saturated rings. The second-order valence-corrected chi connectivity index (χ2v) is 4.58. The van der Waals surface area contributed by atoms with E-state index < -0.39 is 11.9 Å². The van der Waals surface area contributed by atoms with Crippen molar-refractivity contribution in [3.8, 4) is 5.75 Å². The first-order chi connectivity index (χ1) is 8.15. The molecule has 3 N–H and O–H groups in total. The van der Waals surface area contributed by atoms with Gasteiger partial charge in [-0.2, -0.15) is 0 Å². The number of amides is 1. The van der Waals surface area contributed by atoms with Crippen molar-refractivity contribution in [3.05, 3.63) is 24.0 Å². The predicted octanol–water partition coefficient (Wildman–Crippen LogP) is 1.26. The second-order valence-electron chi connectivity index (χ2n) is 4.58. The molecule has 1 amide bonds. The van der Waals surface area contributed by atoms with Gasteiger partial charge in [0.15, 0.2) is 0 Å². The summed E-state index contributed by atoms with van der Waals surface area (Å²) >= 11 is 0. The molecule has 2 aliphatic rings. The van der Waals surface area contributed by atoms with Crippen molar-refractivity contribution in [2.24, 2.45) is 11.7 Å². The van der Waals surface area contributed by atoms with Crippen LogP contribution in [0.2, 0.25) is 0 Å². The lowest BCUT2D eigenvalue weighted by atomic mass is 10.1. The van der Waals surface area contributed by atoms with Gasteiger partial charge < -0.3 is 15.8 Å². The van der Waals surface area contributed by atoms with Crippen molar-refractivity contribution in [1.82, 2.24) is 0 Å². The standard InChI is InChI=1S/C12H13FN2O2/c13-7-3-4-9-8(5-7)15-12(16)10(14)11(17-9)6-1-2-6/h3-6,10-11H,1-2,14H2,(H,15,16)/t10-,11+/m0/s1. The van der Waals surface area contributed by atoms with Gasteiger partial charge in [-0.25, -0.2) is 4.39 Å². The molecule has 1 aliphatic carbocycles. The van der Waals surface area contributed by atoms with Gasteiger partial charge in [-0.3, -0.25) is 4.79 Å². The SMILES string of the molecule is N[C@@H]1C(=O)Nc2cc(F)ccc2O[C@@H]1C1CC1. The molecule has 1 aromatic carbocycles. The Bertz CT molecular complexity index is 474. The Morgan fingerprint density at radius 1 is 1.41 bits per heavy atom. The first-order valence-electron chi connectivity index (χ1n) is 5.68. The van der Waals surface area contributed by atoms with E-state index in [0.717, 1.165) is 12.8 Å². The van der Waals surface area contributed by atoms with E-state index in [1.165, 1.54) is 18.2 Å². The van der Waals surface area contributed by atoms with Gasteiger partial charge in [0.1, 0.15) is 23.7 Å². The number of nitrogens with two attached hydrogens (primary N) is 1. The molecule has 0 bridgehead atoms. The summed E-state index contributed by atoms with van der Waals surface area (Å²) < 4.78 is 18.8. The van der Waals surface area contributed by atoms with Gasteiger partial charge in [-0.1, -0.05) is 0 Å². The highest BCUT2D eigenvalue weighted by molar-refractivity contribution is 5.97. The second kappa shape index (κ2) is 3.70. The highest BCUT2D eigenvalue weighted by Gasteiger charge is 2.41. The number of rotatable bonds is 1. The van der Waals surface area contributed by atoms with Crippen LogP contribution in [0.4, 0.5) is 10.1 Å². The molecule has 4 nitrogen and oxygen atoms in total. The number of ether oxygens (including phenoxy) is 1. The maximum Gasteiger partial charge on any atom is 0.245 e. The van der Waals surface area contributed by atoms with Crippen molar-refractivity contribution < 1.29 is 13.9 Å². The van der Waals surface area contributed by atoms with Crippen molar-refractivity contribution in [3.63, 3.8) is 0 Å². The molecule has 1 aliphatic heterocycles. The average molecular weight is 236 g/mol. The van der Waals surface area contributed by atoms with E-state index in [2.05, 4.69) is 5.32 Å². The van der Waals surface area contributed by atoms with Crippen LogP contribution in [0.1, 0.15) is 12.8 Å². The normalized spacial score (nSPS) is 27.8. The molecule has 0 aromatic heterocycles. The molecular formula is C12H13FN2O2. The number of carbonyl (C=O) groups is 1. The van der Waals surface area contributed by atoms with Gasteiger partial charge in [0.05, 0.1) is 5.69 Å². The summed E-state index contributed by atoms with van der Waals surface area (Å²) in [6.07, 6.45) is 1.76. The van der Waals surface area contributed by atoms with E-state index in [-0.39, 0.29) is 12.0 Å². The Morgan fingerprint density at radius 2 is 2.18 bits per heavy atom. The van der Waals surface area contributed by atoms with E-state index in [9.17, 15) is 9.18 Å². The molecule has 1 heterocycles. The quantitative estimate of drug-likeness (QED) is 0.771. The molecule has 17 heavy (non-hydrogen) atoms. The molecule has 1 aromatic rings. The molecular weight excluding hydrogens is 223 g/mol. The Balaban J connectivity index is 1.98. The number of hydrogen-bond donors (Lipinski definition) is 2. The van der Waals surface area contributed by atoms with Gasteiger partial charge in [0, 0.05) is 6.07 Å².